The third kappa shape index (κ3) is 0.964. The topological polar surface area (TPSA) is 44.0 Å². The lowest BCUT2D eigenvalue weighted by Crippen LogP contribution is -2.29. The van der Waals surface area contributed by atoms with Gasteiger partial charge < -0.3 is 5.11 Å². The lowest BCUT2D eigenvalue weighted by molar-refractivity contribution is 0.0855. The van der Waals surface area contributed by atoms with E-state index in [9.17, 15) is 5.11 Å². The molecule has 0 aromatic rings. The van der Waals surface area contributed by atoms with Crippen molar-refractivity contribution in [1.29, 1.82) is 5.26 Å². The second kappa shape index (κ2) is 2.47. The average molecular weight is 165 g/mol. The number of nitrogens with zero attached hydrogens (tertiary/aromatic N) is 1. The summed E-state index contributed by atoms with van der Waals surface area (Å²) in [6.45, 7) is 0.288. The number of hydrogen-bond acceptors (Lipinski definition) is 2. The molecule has 1 N–H and O–H groups in total. The van der Waals surface area contributed by atoms with Gasteiger partial charge in [-0.25, -0.2) is 0 Å². The SMILES string of the molecule is N#CC12CCCC(CO)(CC1)C2. The molecule has 2 bridgehead atoms. The van der Waals surface area contributed by atoms with Gasteiger partial charge in [0.25, 0.3) is 0 Å². The maximum atomic E-state index is 9.27. The van der Waals surface area contributed by atoms with Crippen molar-refractivity contribution in [3.63, 3.8) is 0 Å². The van der Waals surface area contributed by atoms with Gasteiger partial charge in [0.15, 0.2) is 0 Å². The van der Waals surface area contributed by atoms with Crippen molar-refractivity contribution in [2.24, 2.45) is 10.8 Å². The number of fused-ring (bicyclic) bond motifs is 2. The summed E-state index contributed by atoms with van der Waals surface area (Å²) in [6, 6.07) is 2.46. The molecule has 2 rings (SSSR count). The van der Waals surface area contributed by atoms with Crippen LogP contribution in [0, 0.1) is 22.2 Å². The molecular weight excluding hydrogens is 150 g/mol. The standard InChI is InChI=1S/C10H15NO/c11-7-9-2-1-3-10(6-9,8-12)5-4-9/h12H,1-6,8H2. The summed E-state index contributed by atoms with van der Waals surface area (Å²) >= 11 is 0. The summed E-state index contributed by atoms with van der Waals surface area (Å²) in [5.74, 6) is 0. The second-order valence-corrected chi connectivity index (χ2v) is 4.58. The zero-order valence-electron chi connectivity index (χ0n) is 7.34. The molecule has 0 spiro atoms. The summed E-state index contributed by atoms with van der Waals surface area (Å²) in [7, 11) is 0. The Hall–Kier alpha value is -0.550. The molecule has 2 unspecified atom stereocenters. The van der Waals surface area contributed by atoms with Gasteiger partial charge in [-0.3, -0.25) is 0 Å². The van der Waals surface area contributed by atoms with Crippen molar-refractivity contribution in [2.75, 3.05) is 6.61 Å². The van der Waals surface area contributed by atoms with E-state index in [1.807, 2.05) is 0 Å². The largest absolute Gasteiger partial charge is 0.396 e. The first-order valence-corrected chi connectivity index (χ1v) is 4.76. The second-order valence-electron chi connectivity index (χ2n) is 4.58. The maximum absolute atomic E-state index is 9.27. The third-order valence-corrected chi connectivity index (χ3v) is 3.78. The first-order valence-electron chi connectivity index (χ1n) is 4.76. The van der Waals surface area contributed by atoms with Gasteiger partial charge in [-0.1, -0.05) is 6.42 Å². The molecule has 0 aliphatic heterocycles. The number of nitriles is 1. The van der Waals surface area contributed by atoms with E-state index >= 15 is 0 Å². The summed E-state index contributed by atoms with van der Waals surface area (Å²) in [5.41, 5.74) is 0.0783. The molecule has 0 aromatic heterocycles. The average Bonchev–Trinajstić information content (AvgIpc) is 2.41. The smallest absolute Gasteiger partial charge is 0.0689 e. The molecule has 0 heterocycles. The summed E-state index contributed by atoms with van der Waals surface area (Å²) in [5, 5.41) is 18.3. The van der Waals surface area contributed by atoms with E-state index < -0.39 is 0 Å². The van der Waals surface area contributed by atoms with Gasteiger partial charge in [0.2, 0.25) is 0 Å². The van der Waals surface area contributed by atoms with Crippen LogP contribution in [-0.4, -0.2) is 11.7 Å². The highest BCUT2D eigenvalue weighted by Gasteiger charge is 2.50. The molecule has 0 aromatic carbocycles. The van der Waals surface area contributed by atoms with Crippen molar-refractivity contribution in [3.05, 3.63) is 0 Å². The van der Waals surface area contributed by atoms with Crippen LogP contribution in [0.1, 0.15) is 38.5 Å². The van der Waals surface area contributed by atoms with Crippen LogP contribution in [0.25, 0.3) is 0 Å². The molecule has 0 amide bonds. The Kier molecular flexibility index (Phi) is 1.66. The van der Waals surface area contributed by atoms with Crippen LogP contribution in [0.5, 0.6) is 0 Å². The van der Waals surface area contributed by atoms with E-state index in [-0.39, 0.29) is 17.4 Å². The predicted octanol–water partition coefficient (Wildman–Crippen LogP) is 1.84. The highest BCUT2D eigenvalue weighted by molar-refractivity contribution is 5.10. The Bertz CT molecular complexity index is 232. The number of hydrogen-bond donors (Lipinski definition) is 1. The van der Waals surface area contributed by atoms with Crippen LogP contribution in [-0.2, 0) is 0 Å². The fraction of sp³-hybridized carbons (Fsp3) is 0.900. The zero-order valence-corrected chi connectivity index (χ0v) is 7.34. The number of aliphatic hydroxyl groups is 1. The Morgan fingerprint density at radius 1 is 1.25 bits per heavy atom. The van der Waals surface area contributed by atoms with Crippen molar-refractivity contribution in [3.8, 4) is 6.07 Å². The van der Waals surface area contributed by atoms with Crippen LogP contribution in [0.3, 0.4) is 0 Å². The Morgan fingerprint density at radius 2 is 2.08 bits per heavy atom. The molecule has 2 fully saturated rings. The molecule has 66 valence electrons. The molecule has 0 saturated heterocycles. The fourth-order valence-electron chi connectivity index (χ4n) is 2.99. The quantitative estimate of drug-likeness (QED) is 0.644. The van der Waals surface area contributed by atoms with E-state index in [1.165, 1.54) is 0 Å². The Balaban J connectivity index is 2.23. The van der Waals surface area contributed by atoms with Crippen molar-refractivity contribution in [2.45, 2.75) is 38.5 Å². The van der Waals surface area contributed by atoms with Crippen LogP contribution < -0.4 is 0 Å². The van der Waals surface area contributed by atoms with Crippen molar-refractivity contribution in [1.82, 2.24) is 0 Å². The lowest BCUT2D eigenvalue weighted by atomic mass is 9.70. The van der Waals surface area contributed by atoms with E-state index in [4.69, 9.17) is 5.26 Å². The van der Waals surface area contributed by atoms with E-state index in [1.54, 1.807) is 0 Å². The highest BCUT2D eigenvalue weighted by Crippen LogP contribution is 2.57. The molecule has 2 atom stereocenters. The van der Waals surface area contributed by atoms with Crippen molar-refractivity contribution < 1.29 is 5.11 Å². The maximum Gasteiger partial charge on any atom is 0.0689 e. The molecule has 2 nitrogen and oxygen atoms in total. The third-order valence-electron chi connectivity index (χ3n) is 3.78. The molecule has 2 aliphatic rings. The van der Waals surface area contributed by atoms with Crippen LogP contribution in [0.2, 0.25) is 0 Å². The minimum absolute atomic E-state index is 0.0546. The van der Waals surface area contributed by atoms with Crippen LogP contribution >= 0.6 is 0 Å². The van der Waals surface area contributed by atoms with Gasteiger partial charge in [0, 0.05) is 6.61 Å². The monoisotopic (exact) mass is 165 g/mol. The van der Waals surface area contributed by atoms with E-state index in [2.05, 4.69) is 6.07 Å². The zero-order chi connectivity index (χ0) is 8.66. The van der Waals surface area contributed by atoms with Crippen LogP contribution in [0.15, 0.2) is 0 Å². The molecule has 0 radical (unpaired) electrons. The lowest BCUT2D eigenvalue weighted by Gasteiger charge is -2.34. The van der Waals surface area contributed by atoms with Gasteiger partial charge in [-0.05, 0) is 37.5 Å². The minimum atomic E-state index is -0.0546. The Morgan fingerprint density at radius 3 is 2.75 bits per heavy atom. The molecule has 2 aliphatic carbocycles. The molecule has 12 heavy (non-hydrogen) atoms. The fourth-order valence-corrected chi connectivity index (χ4v) is 2.99. The summed E-state index contributed by atoms with van der Waals surface area (Å²) < 4.78 is 0. The number of rotatable bonds is 1. The highest BCUT2D eigenvalue weighted by atomic mass is 16.3. The van der Waals surface area contributed by atoms with Gasteiger partial charge in [0.05, 0.1) is 11.5 Å². The normalized spacial score (nSPS) is 45.7. The molecular formula is C10H15NO. The molecule has 2 saturated carbocycles. The van der Waals surface area contributed by atoms with Gasteiger partial charge in [-0.15, -0.1) is 0 Å². The van der Waals surface area contributed by atoms with Gasteiger partial charge >= 0.3 is 0 Å². The van der Waals surface area contributed by atoms with Gasteiger partial charge in [0.1, 0.15) is 0 Å². The first kappa shape index (κ1) is 8.07. The Labute approximate surface area is 73.2 Å². The first-order chi connectivity index (χ1) is 5.74. The van der Waals surface area contributed by atoms with Gasteiger partial charge in [-0.2, -0.15) is 5.26 Å². The van der Waals surface area contributed by atoms with E-state index in [0.29, 0.717) is 0 Å². The summed E-state index contributed by atoms with van der Waals surface area (Å²) in [4.78, 5) is 0. The summed E-state index contributed by atoms with van der Waals surface area (Å²) in [6.07, 6.45) is 6.36. The number of aliphatic hydroxyl groups excluding tert-OH is 1. The predicted molar refractivity (Wildman–Crippen MR) is 45.3 cm³/mol. The minimum Gasteiger partial charge on any atom is -0.396 e. The molecule has 2 heteroatoms. The van der Waals surface area contributed by atoms with Crippen LogP contribution in [0.4, 0.5) is 0 Å². The van der Waals surface area contributed by atoms with Crippen molar-refractivity contribution >= 4 is 0 Å². The van der Waals surface area contributed by atoms with E-state index in [0.717, 1.165) is 38.5 Å².